The number of carbonyl (C=O) groups is 1. The van der Waals surface area contributed by atoms with E-state index in [1.807, 2.05) is 56.0 Å². The second kappa shape index (κ2) is 8.53. The number of carbonyl (C=O) groups excluding carboxylic acids is 1. The smallest absolute Gasteiger partial charge is 0.333 e. The average Bonchev–Trinajstić information content (AvgIpc) is 3.19. The second-order valence-corrected chi connectivity index (χ2v) is 8.38. The summed E-state index contributed by atoms with van der Waals surface area (Å²) >= 11 is 0. The third kappa shape index (κ3) is 3.82. The standard InChI is InChI=1S/C23H29N5O3/c1-4-25-15-24-21-20(25)22(30)27(14-19(29)28-16(2)9-8-10-17(28)3)23(31)26(21)13-18-11-6-5-7-12-18/h5-7,11-12,15-17H,4,8-10,13-14H2,1-3H3. The number of piperidine rings is 1. The van der Waals surface area contributed by atoms with Crippen LogP contribution in [0.1, 0.15) is 45.6 Å². The molecule has 1 saturated heterocycles. The Morgan fingerprint density at radius 1 is 1.06 bits per heavy atom. The summed E-state index contributed by atoms with van der Waals surface area (Å²) in [6.07, 6.45) is 4.53. The molecule has 0 spiro atoms. The summed E-state index contributed by atoms with van der Waals surface area (Å²) in [6, 6.07) is 9.77. The van der Waals surface area contributed by atoms with Crippen molar-refractivity contribution in [3.63, 3.8) is 0 Å². The minimum atomic E-state index is -0.506. The number of aryl methyl sites for hydroxylation is 1. The van der Waals surface area contributed by atoms with Crippen LogP contribution in [0.4, 0.5) is 0 Å². The molecule has 0 N–H and O–H groups in total. The Morgan fingerprint density at radius 3 is 2.39 bits per heavy atom. The fourth-order valence-electron chi connectivity index (χ4n) is 4.66. The van der Waals surface area contributed by atoms with E-state index in [1.54, 1.807) is 10.9 Å². The van der Waals surface area contributed by atoms with Crippen LogP contribution in [0.3, 0.4) is 0 Å². The predicted molar refractivity (Wildman–Crippen MR) is 119 cm³/mol. The van der Waals surface area contributed by atoms with Crippen molar-refractivity contribution in [2.45, 2.75) is 71.8 Å². The first kappa shape index (κ1) is 21.1. The zero-order valence-electron chi connectivity index (χ0n) is 18.3. The molecule has 8 heteroatoms. The zero-order valence-corrected chi connectivity index (χ0v) is 18.3. The van der Waals surface area contributed by atoms with Crippen LogP contribution in [0.25, 0.3) is 11.2 Å². The summed E-state index contributed by atoms with van der Waals surface area (Å²) in [5.74, 6) is -0.188. The number of aromatic nitrogens is 4. The fraction of sp³-hybridized carbons (Fsp3) is 0.478. The van der Waals surface area contributed by atoms with Gasteiger partial charge in [0, 0.05) is 18.6 Å². The first-order valence-electron chi connectivity index (χ1n) is 11.0. The highest BCUT2D eigenvalue weighted by Crippen LogP contribution is 2.22. The lowest BCUT2D eigenvalue weighted by atomic mass is 9.97. The number of fused-ring (bicyclic) bond motifs is 1. The van der Waals surface area contributed by atoms with Crippen LogP contribution in [0, 0.1) is 0 Å². The van der Waals surface area contributed by atoms with Gasteiger partial charge in [-0.2, -0.15) is 0 Å². The van der Waals surface area contributed by atoms with Gasteiger partial charge in [0.2, 0.25) is 5.91 Å². The minimum absolute atomic E-state index is 0.100. The quantitative estimate of drug-likeness (QED) is 0.630. The van der Waals surface area contributed by atoms with Gasteiger partial charge in [-0.15, -0.1) is 0 Å². The van der Waals surface area contributed by atoms with Gasteiger partial charge in [0.05, 0.1) is 12.9 Å². The second-order valence-electron chi connectivity index (χ2n) is 8.38. The van der Waals surface area contributed by atoms with E-state index in [1.165, 1.54) is 4.57 Å². The van der Waals surface area contributed by atoms with Gasteiger partial charge in [0.25, 0.3) is 5.56 Å². The molecule has 1 aliphatic rings. The van der Waals surface area contributed by atoms with Gasteiger partial charge < -0.3 is 9.47 Å². The molecule has 1 amide bonds. The van der Waals surface area contributed by atoms with Crippen LogP contribution in [-0.4, -0.2) is 41.6 Å². The minimum Gasteiger partial charge on any atom is -0.336 e. The average molecular weight is 424 g/mol. The Balaban J connectivity index is 1.82. The molecule has 3 aromatic rings. The SMILES string of the molecule is CCn1cnc2c1c(=O)n(CC(=O)N1C(C)CCCC1C)c(=O)n2Cc1ccccc1. The molecule has 1 fully saturated rings. The zero-order chi connectivity index (χ0) is 22.1. The number of hydrogen-bond acceptors (Lipinski definition) is 4. The van der Waals surface area contributed by atoms with Crippen molar-refractivity contribution in [1.29, 1.82) is 0 Å². The highest BCUT2D eigenvalue weighted by molar-refractivity contribution is 5.77. The molecule has 2 atom stereocenters. The summed E-state index contributed by atoms with van der Waals surface area (Å²) in [4.78, 5) is 46.1. The molecule has 8 nitrogen and oxygen atoms in total. The molecule has 1 aromatic carbocycles. The number of nitrogens with zero attached hydrogens (tertiary/aromatic N) is 5. The molecular weight excluding hydrogens is 394 g/mol. The molecule has 0 aliphatic carbocycles. The van der Waals surface area contributed by atoms with E-state index >= 15 is 0 Å². The molecule has 0 radical (unpaired) electrons. The van der Waals surface area contributed by atoms with Crippen molar-refractivity contribution in [3.05, 3.63) is 63.1 Å². The van der Waals surface area contributed by atoms with Crippen molar-refractivity contribution >= 4 is 17.1 Å². The third-order valence-corrected chi connectivity index (χ3v) is 6.28. The van der Waals surface area contributed by atoms with Gasteiger partial charge in [-0.05, 0) is 45.6 Å². The fourth-order valence-corrected chi connectivity index (χ4v) is 4.66. The molecule has 0 saturated carbocycles. The van der Waals surface area contributed by atoms with Gasteiger partial charge in [-0.1, -0.05) is 30.3 Å². The number of amides is 1. The van der Waals surface area contributed by atoms with Crippen LogP contribution in [-0.2, 0) is 24.4 Å². The van der Waals surface area contributed by atoms with E-state index in [0.29, 0.717) is 17.7 Å². The summed E-state index contributed by atoms with van der Waals surface area (Å²) in [7, 11) is 0. The van der Waals surface area contributed by atoms with Crippen molar-refractivity contribution in [3.8, 4) is 0 Å². The molecule has 1 aliphatic heterocycles. The summed E-state index contributed by atoms with van der Waals surface area (Å²) in [6.45, 7) is 6.54. The maximum absolute atomic E-state index is 13.4. The first-order valence-corrected chi connectivity index (χ1v) is 11.0. The van der Waals surface area contributed by atoms with E-state index in [0.717, 1.165) is 29.4 Å². The summed E-state index contributed by atoms with van der Waals surface area (Å²) in [5.41, 5.74) is 0.657. The van der Waals surface area contributed by atoms with E-state index in [4.69, 9.17) is 0 Å². The normalized spacial score (nSPS) is 19.1. The van der Waals surface area contributed by atoms with Crippen molar-refractivity contribution in [2.75, 3.05) is 0 Å². The summed E-state index contributed by atoms with van der Waals surface area (Å²) < 4.78 is 4.30. The topological polar surface area (TPSA) is 82.1 Å². The van der Waals surface area contributed by atoms with Crippen LogP contribution in [0.5, 0.6) is 0 Å². The van der Waals surface area contributed by atoms with Gasteiger partial charge in [-0.25, -0.2) is 14.3 Å². The van der Waals surface area contributed by atoms with Gasteiger partial charge in [0.1, 0.15) is 6.54 Å². The molecular formula is C23H29N5O3. The lowest BCUT2D eigenvalue weighted by molar-refractivity contribution is -0.138. The number of imidazole rings is 1. The largest absolute Gasteiger partial charge is 0.336 e. The Morgan fingerprint density at radius 2 is 1.74 bits per heavy atom. The predicted octanol–water partition coefficient (Wildman–Crippen LogP) is 2.22. The lowest BCUT2D eigenvalue weighted by Gasteiger charge is -2.39. The van der Waals surface area contributed by atoms with Crippen molar-refractivity contribution in [1.82, 2.24) is 23.6 Å². The molecule has 31 heavy (non-hydrogen) atoms. The molecule has 4 rings (SSSR count). The number of hydrogen-bond donors (Lipinski definition) is 0. The van der Waals surface area contributed by atoms with Crippen LogP contribution < -0.4 is 11.2 Å². The molecule has 2 aromatic heterocycles. The van der Waals surface area contributed by atoms with Gasteiger partial charge in [-0.3, -0.25) is 14.2 Å². The van der Waals surface area contributed by atoms with Crippen molar-refractivity contribution in [2.24, 2.45) is 0 Å². The monoisotopic (exact) mass is 423 g/mol. The van der Waals surface area contributed by atoms with Gasteiger partial charge in [0.15, 0.2) is 11.2 Å². The number of likely N-dealkylation sites (tertiary alicyclic amines) is 1. The maximum Gasteiger partial charge on any atom is 0.333 e. The highest BCUT2D eigenvalue weighted by atomic mass is 16.2. The lowest BCUT2D eigenvalue weighted by Crippen LogP contribution is -2.51. The summed E-state index contributed by atoms with van der Waals surface area (Å²) in [5, 5.41) is 0. The van der Waals surface area contributed by atoms with E-state index < -0.39 is 11.2 Å². The highest BCUT2D eigenvalue weighted by Gasteiger charge is 2.30. The Kier molecular flexibility index (Phi) is 5.80. The first-order chi connectivity index (χ1) is 14.9. The van der Waals surface area contributed by atoms with E-state index in [-0.39, 0.29) is 31.1 Å². The number of rotatable bonds is 5. The van der Waals surface area contributed by atoms with E-state index in [2.05, 4.69) is 4.98 Å². The Hall–Kier alpha value is -3.16. The molecule has 3 heterocycles. The van der Waals surface area contributed by atoms with E-state index in [9.17, 15) is 14.4 Å². The Bertz CT molecular complexity index is 1200. The van der Waals surface area contributed by atoms with Crippen molar-refractivity contribution < 1.29 is 4.79 Å². The van der Waals surface area contributed by atoms with Crippen LogP contribution in [0.2, 0.25) is 0 Å². The maximum atomic E-state index is 13.4. The molecule has 0 bridgehead atoms. The third-order valence-electron chi connectivity index (χ3n) is 6.28. The molecule has 2 unspecified atom stereocenters. The van der Waals surface area contributed by atoms with Crippen LogP contribution in [0.15, 0.2) is 46.2 Å². The van der Waals surface area contributed by atoms with Gasteiger partial charge >= 0.3 is 5.69 Å². The van der Waals surface area contributed by atoms with Crippen LogP contribution >= 0.6 is 0 Å². The number of benzene rings is 1. The Labute approximate surface area is 180 Å². The molecule has 164 valence electrons.